The average molecular weight is 318 g/mol. The largest absolute Gasteiger partial charge is 0.458 e. The number of carbonyl (C=O) groups is 1. The van der Waals surface area contributed by atoms with Gasteiger partial charge in [0.2, 0.25) is 0 Å². The Kier molecular flexibility index (Phi) is 8.16. The number of esters is 1. The fraction of sp³-hybridized carbons (Fsp3) is 0.583. The molecule has 0 bridgehead atoms. The van der Waals surface area contributed by atoms with Crippen LogP contribution in [0.2, 0.25) is 0 Å². The van der Waals surface area contributed by atoms with Crippen molar-refractivity contribution in [3.05, 3.63) is 12.7 Å². The van der Waals surface area contributed by atoms with Crippen LogP contribution in [0.4, 0.5) is 0 Å². The molecule has 0 aliphatic heterocycles. The number of thioether (sulfide) groups is 2. The van der Waals surface area contributed by atoms with Crippen molar-refractivity contribution < 1.29 is 9.53 Å². The third-order valence-corrected chi connectivity index (χ3v) is 5.31. The molecule has 0 radical (unpaired) electrons. The van der Waals surface area contributed by atoms with Gasteiger partial charge in [0.15, 0.2) is 8.68 Å². The molecule has 7 heteroatoms. The summed E-state index contributed by atoms with van der Waals surface area (Å²) in [7, 11) is 0. The first-order valence-corrected chi connectivity index (χ1v) is 8.90. The maximum Gasteiger partial charge on any atom is 0.330 e. The number of hydrogen-bond acceptors (Lipinski definition) is 7. The van der Waals surface area contributed by atoms with Gasteiger partial charge in [-0.1, -0.05) is 61.7 Å². The monoisotopic (exact) mass is 318 g/mol. The predicted octanol–water partition coefficient (Wildman–Crippen LogP) is 3.64. The summed E-state index contributed by atoms with van der Waals surface area (Å²) in [5.41, 5.74) is 0. The Balaban J connectivity index is 2.45. The second-order valence-electron chi connectivity index (χ2n) is 3.63. The maximum absolute atomic E-state index is 11.2. The molecule has 0 amide bonds. The molecule has 19 heavy (non-hydrogen) atoms. The Morgan fingerprint density at radius 3 is 2.68 bits per heavy atom. The Morgan fingerprint density at radius 2 is 2.11 bits per heavy atom. The van der Waals surface area contributed by atoms with Crippen molar-refractivity contribution in [2.75, 3.05) is 11.5 Å². The number of rotatable bonds is 9. The van der Waals surface area contributed by atoms with Crippen LogP contribution in [-0.4, -0.2) is 33.8 Å². The standard InChI is InChI=1S/C12H18N2O2S3/c1-4-7-9(16-10(15)5-2)8-18-12-14-13-11(19-12)17-6-3/h5,9H,2,4,6-8H2,1,3H3. The highest BCUT2D eigenvalue weighted by molar-refractivity contribution is 8.03. The minimum Gasteiger partial charge on any atom is -0.458 e. The van der Waals surface area contributed by atoms with Crippen molar-refractivity contribution in [2.24, 2.45) is 0 Å². The van der Waals surface area contributed by atoms with E-state index in [1.807, 2.05) is 0 Å². The van der Waals surface area contributed by atoms with Crippen LogP contribution < -0.4 is 0 Å². The van der Waals surface area contributed by atoms with E-state index in [1.165, 1.54) is 6.08 Å². The molecule has 0 saturated heterocycles. The Bertz CT molecular complexity index is 409. The molecule has 1 aromatic rings. The highest BCUT2D eigenvalue weighted by atomic mass is 32.2. The number of nitrogens with zero attached hydrogens (tertiary/aromatic N) is 2. The van der Waals surface area contributed by atoms with Crippen LogP contribution in [0.3, 0.4) is 0 Å². The fourth-order valence-electron chi connectivity index (χ4n) is 1.31. The van der Waals surface area contributed by atoms with E-state index in [4.69, 9.17) is 4.74 Å². The van der Waals surface area contributed by atoms with Crippen LogP contribution in [0.25, 0.3) is 0 Å². The van der Waals surface area contributed by atoms with Crippen LogP contribution in [0.15, 0.2) is 21.3 Å². The summed E-state index contributed by atoms with van der Waals surface area (Å²) in [6.45, 7) is 7.57. The van der Waals surface area contributed by atoms with Crippen molar-refractivity contribution in [1.82, 2.24) is 10.2 Å². The number of aromatic nitrogens is 2. The zero-order valence-corrected chi connectivity index (χ0v) is 13.6. The first kappa shape index (κ1) is 16.5. The van der Waals surface area contributed by atoms with E-state index >= 15 is 0 Å². The average Bonchev–Trinajstić information content (AvgIpc) is 2.84. The molecule has 0 fully saturated rings. The van der Waals surface area contributed by atoms with E-state index in [0.717, 1.165) is 27.3 Å². The van der Waals surface area contributed by atoms with E-state index in [2.05, 4.69) is 30.6 Å². The smallest absolute Gasteiger partial charge is 0.330 e. The molecule has 0 N–H and O–H groups in total. The lowest BCUT2D eigenvalue weighted by Gasteiger charge is -2.14. The highest BCUT2D eigenvalue weighted by Gasteiger charge is 2.14. The van der Waals surface area contributed by atoms with Gasteiger partial charge in [0, 0.05) is 11.8 Å². The van der Waals surface area contributed by atoms with E-state index in [1.54, 1.807) is 34.9 Å². The third-order valence-electron chi connectivity index (χ3n) is 2.11. The summed E-state index contributed by atoms with van der Waals surface area (Å²) < 4.78 is 7.20. The van der Waals surface area contributed by atoms with E-state index < -0.39 is 0 Å². The predicted molar refractivity (Wildman–Crippen MR) is 82.0 cm³/mol. The SMILES string of the molecule is C=CC(=O)OC(CCC)CSc1nnc(SCC)s1. The zero-order valence-electron chi connectivity index (χ0n) is 11.1. The van der Waals surface area contributed by atoms with Crippen molar-refractivity contribution >= 4 is 40.8 Å². The van der Waals surface area contributed by atoms with Gasteiger partial charge in [0.05, 0.1) is 0 Å². The zero-order chi connectivity index (χ0) is 14.1. The van der Waals surface area contributed by atoms with Gasteiger partial charge in [0.1, 0.15) is 6.10 Å². The molecule has 0 aliphatic rings. The summed E-state index contributed by atoms with van der Waals surface area (Å²) in [5.74, 6) is 1.34. The summed E-state index contributed by atoms with van der Waals surface area (Å²) in [4.78, 5) is 11.2. The van der Waals surface area contributed by atoms with Crippen LogP contribution in [0.1, 0.15) is 26.7 Å². The van der Waals surface area contributed by atoms with Crippen LogP contribution >= 0.6 is 34.9 Å². The lowest BCUT2D eigenvalue weighted by molar-refractivity contribution is -0.142. The van der Waals surface area contributed by atoms with Gasteiger partial charge in [-0.3, -0.25) is 0 Å². The van der Waals surface area contributed by atoms with Crippen LogP contribution in [0.5, 0.6) is 0 Å². The van der Waals surface area contributed by atoms with Gasteiger partial charge in [-0.15, -0.1) is 10.2 Å². The Morgan fingerprint density at radius 1 is 1.42 bits per heavy atom. The number of hydrogen-bond donors (Lipinski definition) is 0. The lowest BCUT2D eigenvalue weighted by Crippen LogP contribution is -2.19. The molecular formula is C12H18N2O2S3. The van der Waals surface area contributed by atoms with Crippen molar-refractivity contribution in [2.45, 2.75) is 41.5 Å². The molecule has 1 heterocycles. The molecule has 0 spiro atoms. The number of carbonyl (C=O) groups excluding carboxylic acids is 1. The summed E-state index contributed by atoms with van der Waals surface area (Å²) >= 11 is 4.86. The van der Waals surface area contributed by atoms with E-state index in [9.17, 15) is 4.79 Å². The summed E-state index contributed by atoms with van der Waals surface area (Å²) in [6, 6.07) is 0. The maximum atomic E-state index is 11.2. The topological polar surface area (TPSA) is 52.1 Å². The minimum absolute atomic E-state index is 0.0910. The van der Waals surface area contributed by atoms with E-state index in [-0.39, 0.29) is 12.1 Å². The van der Waals surface area contributed by atoms with Crippen LogP contribution in [0, 0.1) is 0 Å². The first-order chi connectivity index (χ1) is 9.19. The van der Waals surface area contributed by atoms with Gasteiger partial charge in [-0.2, -0.15) is 0 Å². The molecule has 1 aromatic heterocycles. The van der Waals surface area contributed by atoms with Crippen LogP contribution in [-0.2, 0) is 9.53 Å². The molecular weight excluding hydrogens is 300 g/mol. The normalized spacial score (nSPS) is 12.1. The van der Waals surface area contributed by atoms with Crippen molar-refractivity contribution in [3.63, 3.8) is 0 Å². The molecule has 1 rings (SSSR count). The Labute approximate surface area is 126 Å². The Hall–Kier alpha value is -0.530. The molecule has 0 aliphatic carbocycles. The third kappa shape index (κ3) is 6.44. The fourth-order valence-corrected chi connectivity index (χ4v) is 4.29. The molecule has 1 unspecified atom stereocenters. The van der Waals surface area contributed by atoms with Crippen molar-refractivity contribution in [3.8, 4) is 0 Å². The molecule has 0 aromatic carbocycles. The second kappa shape index (κ2) is 9.39. The number of ether oxygens (including phenoxy) is 1. The molecule has 0 saturated carbocycles. The van der Waals surface area contributed by atoms with E-state index in [0.29, 0.717) is 5.75 Å². The second-order valence-corrected chi connectivity index (χ2v) is 7.39. The van der Waals surface area contributed by atoms with Gasteiger partial charge < -0.3 is 4.74 Å². The quantitative estimate of drug-likeness (QED) is 0.393. The van der Waals surface area contributed by atoms with Gasteiger partial charge in [-0.05, 0) is 12.2 Å². The molecule has 1 atom stereocenters. The first-order valence-electron chi connectivity index (χ1n) is 6.11. The lowest BCUT2D eigenvalue weighted by atomic mass is 10.2. The summed E-state index contributed by atoms with van der Waals surface area (Å²) in [5, 5.41) is 8.21. The minimum atomic E-state index is -0.362. The van der Waals surface area contributed by atoms with Crippen molar-refractivity contribution in [1.29, 1.82) is 0 Å². The molecule has 4 nitrogen and oxygen atoms in total. The van der Waals surface area contributed by atoms with Gasteiger partial charge >= 0.3 is 5.97 Å². The van der Waals surface area contributed by atoms with Gasteiger partial charge in [-0.25, -0.2) is 4.79 Å². The highest BCUT2D eigenvalue weighted by Crippen LogP contribution is 2.29. The summed E-state index contributed by atoms with van der Waals surface area (Å²) in [6.07, 6.45) is 2.94. The van der Waals surface area contributed by atoms with Gasteiger partial charge in [0.25, 0.3) is 0 Å². The molecule has 106 valence electrons.